The van der Waals surface area contributed by atoms with Gasteiger partial charge in [0.2, 0.25) is 0 Å². The quantitative estimate of drug-likeness (QED) is 0.432. The highest BCUT2D eigenvalue weighted by Crippen LogP contribution is 2.35. The van der Waals surface area contributed by atoms with Gasteiger partial charge in [-0.2, -0.15) is 0 Å². The number of rotatable bonds is 2. The molecule has 1 aliphatic rings. The second kappa shape index (κ2) is 4.35. The summed E-state index contributed by atoms with van der Waals surface area (Å²) in [4.78, 5) is 2.14. The van der Waals surface area contributed by atoms with Gasteiger partial charge in [0, 0.05) is 0 Å². The fourth-order valence-corrected chi connectivity index (χ4v) is 2.21. The topological polar surface area (TPSA) is 35.8 Å². The van der Waals surface area contributed by atoms with Gasteiger partial charge in [-0.05, 0) is 53.1 Å². The molecule has 0 radical (unpaired) electrons. The average Bonchev–Trinajstić information content (AvgIpc) is 2.17. The molecule has 1 aliphatic carbocycles. The van der Waals surface area contributed by atoms with Crippen LogP contribution in [0.1, 0.15) is 33.1 Å². The van der Waals surface area contributed by atoms with Crippen molar-refractivity contribution in [2.75, 3.05) is 14.1 Å². The van der Waals surface area contributed by atoms with Crippen LogP contribution in [-0.2, 0) is 0 Å². The summed E-state index contributed by atoms with van der Waals surface area (Å²) < 4.78 is 0. The Kier molecular flexibility index (Phi) is 3.55. The third-order valence-corrected chi connectivity index (χ3v) is 3.85. The lowest BCUT2D eigenvalue weighted by atomic mass is 9.73. The molecule has 0 spiro atoms. The van der Waals surface area contributed by atoms with Crippen LogP contribution in [0.15, 0.2) is 17.3 Å². The van der Waals surface area contributed by atoms with Gasteiger partial charge in [-0.3, -0.25) is 4.90 Å². The van der Waals surface area contributed by atoms with Crippen LogP contribution in [0.4, 0.5) is 0 Å². The Morgan fingerprint density at radius 1 is 1.60 bits per heavy atom. The van der Waals surface area contributed by atoms with Crippen LogP contribution < -0.4 is 0 Å². The molecule has 0 amide bonds. The smallest absolute Gasteiger partial charge is 0.0776 e. The molecule has 1 saturated carbocycles. The zero-order chi connectivity index (χ0) is 11.6. The van der Waals surface area contributed by atoms with Crippen LogP contribution >= 0.6 is 0 Å². The summed E-state index contributed by atoms with van der Waals surface area (Å²) in [6.07, 6.45) is 2.99. The molecule has 2 atom stereocenters. The van der Waals surface area contributed by atoms with Crippen molar-refractivity contribution in [1.82, 2.24) is 4.90 Å². The highest BCUT2D eigenvalue weighted by molar-refractivity contribution is 5.93. The Morgan fingerprint density at radius 2 is 2.20 bits per heavy atom. The lowest BCUT2D eigenvalue weighted by molar-refractivity contribution is 0.193. The maximum absolute atomic E-state index is 9.11. The van der Waals surface area contributed by atoms with E-state index in [1.165, 1.54) is 5.57 Å². The summed E-state index contributed by atoms with van der Waals surface area (Å²) in [5.74, 6) is 0.476. The summed E-state index contributed by atoms with van der Waals surface area (Å²) in [6, 6.07) is 0. The molecule has 1 N–H and O–H groups in total. The molecule has 0 aromatic rings. The van der Waals surface area contributed by atoms with E-state index >= 15 is 0 Å². The summed E-state index contributed by atoms with van der Waals surface area (Å²) in [5, 5.41) is 12.6. The van der Waals surface area contributed by atoms with E-state index < -0.39 is 0 Å². The van der Waals surface area contributed by atoms with E-state index in [0.29, 0.717) is 5.92 Å². The molecule has 15 heavy (non-hydrogen) atoms. The molecular formula is C12H22N2O. The van der Waals surface area contributed by atoms with E-state index in [2.05, 4.69) is 30.5 Å². The van der Waals surface area contributed by atoms with E-state index in [-0.39, 0.29) is 5.54 Å². The molecular weight excluding hydrogens is 188 g/mol. The predicted molar refractivity (Wildman–Crippen MR) is 63.5 cm³/mol. The normalized spacial score (nSPS) is 34.7. The highest BCUT2D eigenvalue weighted by Gasteiger charge is 2.39. The van der Waals surface area contributed by atoms with Crippen molar-refractivity contribution in [1.29, 1.82) is 0 Å². The van der Waals surface area contributed by atoms with Crippen LogP contribution in [0.3, 0.4) is 0 Å². The van der Waals surface area contributed by atoms with Gasteiger partial charge >= 0.3 is 0 Å². The molecule has 0 unspecified atom stereocenters. The minimum Gasteiger partial charge on any atom is -0.411 e. The molecule has 0 bridgehead atoms. The molecule has 0 aromatic heterocycles. The molecule has 86 valence electrons. The summed E-state index contributed by atoms with van der Waals surface area (Å²) in [5.41, 5.74) is 1.98. The summed E-state index contributed by atoms with van der Waals surface area (Å²) in [7, 11) is 4.07. The van der Waals surface area contributed by atoms with Crippen LogP contribution in [-0.4, -0.2) is 35.5 Å². The van der Waals surface area contributed by atoms with E-state index in [1.807, 2.05) is 14.1 Å². The predicted octanol–water partition coefficient (Wildman–Crippen LogP) is 2.51. The molecule has 1 rings (SSSR count). The second-order valence-corrected chi connectivity index (χ2v) is 5.00. The van der Waals surface area contributed by atoms with Crippen LogP contribution in [0.5, 0.6) is 0 Å². The monoisotopic (exact) mass is 210 g/mol. The maximum atomic E-state index is 9.11. The number of allylic oxidation sites excluding steroid dienone is 1. The zero-order valence-corrected chi connectivity index (χ0v) is 10.2. The fraction of sp³-hybridized carbons (Fsp3) is 0.750. The minimum atomic E-state index is -0.0965. The van der Waals surface area contributed by atoms with Gasteiger partial charge in [-0.15, -0.1) is 0 Å². The Labute approximate surface area is 92.5 Å². The van der Waals surface area contributed by atoms with E-state index in [0.717, 1.165) is 25.0 Å². The summed E-state index contributed by atoms with van der Waals surface area (Å²) >= 11 is 0. The molecule has 3 heteroatoms. The van der Waals surface area contributed by atoms with Crippen molar-refractivity contribution in [3.05, 3.63) is 12.2 Å². The number of hydrogen-bond acceptors (Lipinski definition) is 3. The highest BCUT2D eigenvalue weighted by atomic mass is 16.4. The van der Waals surface area contributed by atoms with Crippen molar-refractivity contribution in [2.24, 2.45) is 11.1 Å². The maximum Gasteiger partial charge on any atom is 0.0776 e. The standard InChI is InChI=1S/C12H22N2O/c1-9(2)10-6-7-12(3,14(4)5)11(8-10)13-15/h10,15H,1,6-8H2,2-5H3/b13-11-/t10-,12+/m0/s1. The van der Waals surface area contributed by atoms with E-state index in [9.17, 15) is 0 Å². The van der Waals surface area contributed by atoms with Crippen molar-refractivity contribution in [3.63, 3.8) is 0 Å². The van der Waals surface area contributed by atoms with Crippen LogP contribution in [0.2, 0.25) is 0 Å². The lowest BCUT2D eigenvalue weighted by Crippen LogP contribution is -2.51. The molecule has 1 fully saturated rings. The average molecular weight is 210 g/mol. The lowest BCUT2D eigenvalue weighted by Gasteiger charge is -2.42. The molecule has 0 heterocycles. The summed E-state index contributed by atoms with van der Waals surface area (Å²) in [6.45, 7) is 8.18. The van der Waals surface area contributed by atoms with Gasteiger partial charge in [-0.1, -0.05) is 17.3 Å². The van der Waals surface area contributed by atoms with Gasteiger partial charge < -0.3 is 5.21 Å². The fourth-order valence-electron chi connectivity index (χ4n) is 2.21. The van der Waals surface area contributed by atoms with Gasteiger partial charge in [0.05, 0.1) is 11.3 Å². The van der Waals surface area contributed by atoms with E-state index in [4.69, 9.17) is 5.21 Å². The third-order valence-electron chi connectivity index (χ3n) is 3.85. The van der Waals surface area contributed by atoms with Crippen molar-refractivity contribution in [3.8, 4) is 0 Å². The largest absolute Gasteiger partial charge is 0.411 e. The molecule has 3 nitrogen and oxygen atoms in total. The number of nitrogens with zero attached hydrogens (tertiary/aromatic N) is 2. The van der Waals surface area contributed by atoms with Gasteiger partial charge in [-0.25, -0.2) is 0 Å². The SMILES string of the molecule is C=C(C)[C@H]1CC[C@@](C)(N(C)C)/C(=N\O)C1. The van der Waals surface area contributed by atoms with Gasteiger partial charge in [0.1, 0.15) is 0 Å². The third kappa shape index (κ3) is 2.23. The zero-order valence-electron chi connectivity index (χ0n) is 10.2. The Balaban J connectivity index is 2.87. The Bertz CT molecular complexity index is 283. The first-order valence-electron chi connectivity index (χ1n) is 5.46. The first-order valence-corrected chi connectivity index (χ1v) is 5.46. The molecule has 0 aromatic carbocycles. The first-order chi connectivity index (χ1) is 6.91. The van der Waals surface area contributed by atoms with Crippen LogP contribution in [0, 0.1) is 5.92 Å². The number of oxime groups is 1. The van der Waals surface area contributed by atoms with Crippen molar-refractivity contribution >= 4 is 5.71 Å². The molecule has 0 aliphatic heterocycles. The Morgan fingerprint density at radius 3 is 2.60 bits per heavy atom. The number of hydrogen-bond donors (Lipinski definition) is 1. The van der Waals surface area contributed by atoms with Gasteiger partial charge in [0.15, 0.2) is 0 Å². The van der Waals surface area contributed by atoms with E-state index in [1.54, 1.807) is 0 Å². The van der Waals surface area contributed by atoms with Gasteiger partial charge in [0.25, 0.3) is 0 Å². The van der Waals surface area contributed by atoms with Crippen LogP contribution in [0.25, 0.3) is 0 Å². The second-order valence-electron chi connectivity index (χ2n) is 5.00. The van der Waals surface area contributed by atoms with Crippen molar-refractivity contribution in [2.45, 2.75) is 38.6 Å². The first kappa shape index (κ1) is 12.2. The minimum absolute atomic E-state index is 0.0965. The van der Waals surface area contributed by atoms with Crippen molar-refractivity contribution < 1.29 is 5.21 Å². The molecule has 0 saturated heterocycles. The Hall–Kier alpha value is -0.830.